The Morgan fingerprint density at radius 3 is 2.45 bits per heavy atom. The molecule has 0 aliphatic carbocycles. The zero-order chi connectivity index (χ0) is 14.5. The van der Waals surface area contributed by atoms with Crippen molar-refractivity contribution in [1.29, 1.82) is 0 Å². The molecule has 20 heavy (non-hydrogen) atoms. The van der Waals surface area contributed by atoms with Crippen LogP contribution in [0.2, 0.25) is 0 Å². The Hall–Kier alpha value is -2.82. The predicted molar refractivity (Wildman–Crippen MR) is 72.7 cm³/mol. The summed E-state index contributed by atoms with van der Waals surface area (Å²) in [6, 6.07) is 13.0. The molecule has 3 N–H and O–H groups in total. The fourth-order valence-corrected chi connectivity index (χ4v) is 1.70. The molecule has 0 heterocycles. The molecule has 0 spiro atoms. The van der Waals surface area contributed by atoms with Crippen LogP contribution in [0.25, 0.3) is 0 Å². The Morgan fingerprint density at radius 2 is 1.75 bits per heavy atom. The summed E-state index contributed by atoms with van der Waals surface area (Å²) in [4.78, 5) is 21.9. The first-order valence-electron chi connectivity index (χ1n) is 5.91. The zero-order valence-electron chi connectivity index (χ0n) is 10.6. The SMILES string of the molecule is NC(=O)c1cccc(OCc2cccc(C(=O)O)c2)c1. The number of amides is 1. The van der Waals surface area contributed by atoms with Gasteiger partial charge in [-0.15, -0.1) is 0 Å². The molecule has 0 aromatic heterocycles. The molecule has 0 saturated carbocycles. The lowest BCUT2D eigenvalue weighted by Gasteiger charge is -2.07. The average molecular weight is 271 g/mol. The number of carbonyl (C=O) groups excluding carboxylic acids is 1. The highest BCUT2D eigenvalue weighted by atomic mass is 16.5. The molecule has 0 saturated heterocycles. The minimum atomic E-state index is -0.984. The largest absolute Gasteiger partial charge is 0.489 e. The van der Waals surface area contributed by atoms with Crippen molar-refractivity contribution in [3.05, 3.63) is 65.2 Å². The zero-order valence-corrected chi connectivity index (χ0v) is 10.6. The van der Waals surface area contributed by atoms with Crippen LogP contribution in [-0.4, -0.2) is 17.0 Å². The molecule has 0 aliphatic heterocycles. The molecule has 2 aromatic rings. The number of ether oxygens (including phenoxy) is 1. The van der Waals surface area contributed by atoms with Gasteiger partial charge in [-0.25, -0.2) is 4.79 Å². The van der Waals surface area contributed by atoms with Gasteiger partial charge in [-0.05, 0) is 35.9 Å². The quantitative estimate of drug-likeness (QED) is 0.871. The standard InChI is InChI=1S/C15H13NO4/c16-14(17)11-4-2-6-13(8-11)20-9-10-3-1-5-12(7-10)15(18)19/h1-8H,9H2,(H2,16,17)(H,18,19). The van der Waals surface area contributed by atoms with E-state index in [1.54, 1.807) is 42.5 Å². The molecule has 0 unspecified atom stereocenters. The van der Waals surface area contributed by atoms with Gasteiger partial charge in [-0.3, -0.25) is 4.79 Å². The van der Waals surface area contributed by atoms with Gasteiger partial charge >= 0.3 is 5.97 Å². The number of carbonyl (C=O) groups is 2. The van der Waals surface area contributed by atoms with E-state index in [1.165, 1.54) is 6.07 Å². The van der Waals surface area contributed by atoms with Crippen LogP contribution in [-0.2, 0) is 6.61 Å². The number of benzene rings is 2. The van der Waals surface area contributed by atoms with E-state index in [4.69, 9.17) is 15.6 Å². The van der Waals surface area contributed by atoms with E-state index < -0.39 is 11.9 Å². The van der Waals surface area contributed by atoms with E-state index in [2.05, 4.69) is 0 Å². The van der Waals surface area contributed by atoms with Gasteiger partial charge in [0, 0.05) is 5.56 Å². The molecule has 5 heteroatoms. The van der Waals surface area contributed by atoms with Crippen LogP contribution < -0.4 is 10.5 Å². The van der Waals surface area contributed by atoms with Crippen molar-refractivity contribution < 1.29 is 19.4 Å². The fourth-order valence-electron chi connectivity index (χ4n) is 1.70. The van der Waals surface area contributed by atoms with E-state index in [-0.39, 0.29) is 12.2 Å². The Labute approximate surface area is 115 Å². The lowest BCUT2D eigenvalue weighted by atomic mass is 10.1. The average Bonchev–Trinajstić information content (AvgIpc) is 2.45. The van der Waals surface area contributed by atoms with Crippen molar-refractivity contribution >= 4 is 11.9 Å². The third-order valence-corrected chi connectivity index (χ3v) is 2.70. The first-order valence-corrected chi connectivity index (χ1v) is 5.91. The number of primary amides is 1. The number of hydrogen-bond donors (Lipinski definition) is 2. The number of aromatic carboxylic acids is 1. The minimum absolute atomic E-state index is 0.206. The number of carboxylic acids is 1. The maximum absolute atomic E-state index is 11.0. The van der Waals surface area contributed by atoms with Gasteiger partial charge in [0.25, 0.3) is 0 Å². The summed E-state index contributed by atoms with van der Waals surface area (Å²) in [7, 11) is 0. The molecule has 0 radical (unpaired) electrons. The smallest absolute Gasteiger partial charge is 0.335 e. The van der Waals surface area contributed by atoms with Gasteiger partial charge in [0.1, 0.15) is 12.4 Å². The van der Waals surface area contributed by atoms with Crippen LogP contribution in [0.15, 0.2) is 48.5 Å². The monoisotopic (exact) mass is 271 g/mol. The normalized spacial score (nSPS) is 10.0. The maximum Gasteiger partial charge on any atom is 0.335 e. The molecule has 102 valence electrons. The third-order valence-electron chi connectivity index (χ3n) is 2.70. The highest BCUT2D eigenvalue weighted by Crippen LogP contribution is 2.15. The third kappa shape index (κ3) is 3.35. The van der Waals surface area contributed by atoms with Crippen LogP contribution in [0.3, 0.4) is 0 Å². The molecule has 1 amide bonds. The van der Waals surface area contributed by atoms with Crippen molar-refractivity contribution in [3.8, 4) is 5.75 Å². The fraction of sp³-hybridized carbons (Fsp3) is 0.0667. The Balaban J connectivity index is 2.08. The molecule has 2 aromatic carbocycles. The maximum atomic E-state index is 11.0. The van der Waals surface area contributed by atoms with E-state index in [0.29, 0.717) is 11.3 Å². The second-order valence-electron chi connectivity index (χ2n) is 4.19. The van der Waals surface area contributed by atoms with E-state index in [0.717, 1.165) is 5.56 Å². The summed E-state index contributed by atoms with van der Waals surface area (Å²) in [6.07, 6.45) is 0. The summed E-state index contributed by atoms with van der Waals surface area (Å²) in [6.45, 7) is 0.212. The number of rotatable bonds is 5. The first kappa shape index (κ1) is 13.6. The van der Waals surface area contributed by atoms with E-state index >= 15 is 0 Å². The summed E-state index contributed by atoms with van der Waals surface area (Å²) in [5, 5.41) is 8.90. The van der Waals surface area contributed by atoms with Gasteiger partial charge in [0.15, 0.2) is 0 Å². The predicted octanol–water partition coefficient (Wildman–Crippen LogP) is 2.06. The molecule has 2 rings (SSSR count). The number of carboxylic acid groups (broad SMARTS) is 1. The molecule has 0 aliphatic rings. The molecule has 5 nitrogen and oxygen atoms in total. The summed E-state index contributed by atoms with van der Waals surface area (Å²) >= 11 is 0. The van der Waals surface area contributed by atoms with E-state index in [1.807, 2.05) is 0 Å². The lowest BCUT2D eigenvalue weighted by Crippen LogP contribution is -2.10. The first-order chi connectivity index (χ1) is 9.56. The minimum Gasteiger partial charge on any atom is -0.489 e. The van der Waals surface area contributed by atoms with Crippen LogP contribution in [0.4, 0.5) is 0 Å². The topological polar surface area (TPSA) is 89.6 Å². The second kappa shape index (κ2) is 5.88. The van der Waals surface area contributed by atoms with Crippen LogP contribution >= 0.6 is 0 Å². The molecule has 0 bridgehead atoms. The van der Waals surface area contributed by atoms with Crippen molar-refractivity contribution in [2.45, 2.75) is 6.61 Å². The van der Waals surface area contributed by atoms with Crippen molar-refractivity contribution in [2.24, 2.45) is 5.73 Å². The van der Waals surface area contributed by atoms with E-state index in [9.17, 15) is 9.59 Å². The van der Waals surface area contributed by atoms with Gasteiger partial charge in [0.2, 0.25) is 5.91 Å². The summed E-state index contributed by atoms with van der Waals surface area (Å²) in [5.41, 5.74) is 6.48. The summed E-state index contributed by atoms with van der Waals surface area (Å²) < 4.78 is 5.52. The van der Waals surface area contributed by atoms with Crippen LogP contribution in [0.1, 0.15) is 26.3 Å². The molecule has 0 fully saturated rings. The van der Waals surface area contributed by atoms with Gasteiger partial charge in [-0.2, -0.15) is 0 Å². The number of hydrogen-bond acceptors (Lipinski definition) is 3. The Bertz CT molecular complexity index is 594. The van der Waals surface area contributed by atoms with Crippen molar-refractivity contribution in [3.63, 3.8) is 0 Å². The van der Waals surface area contributed by atoms with Crippen LogP contribution in [0, 0.1) is 0 Å². The van der Waals surface area contributed by atoms with Crippen molar-refractivity contribution in [1.82, 2.24) is 0 Å². The number of nitrogens with two attached hydrogens (primary N) is 1. The van der Waals surface area contributed by atoms with Crippen LogP contribution in [0.5, 0.6) is 5.75 Å². The highest BCUT2D eigenvalue weighted by molar-refractivity contribution is 5.93. The molecular formula is C15H13NO4. The van der Waals surface area contributed by atoms with Gasteiger partial charge in [0.05, 0.1) is 5.56 Å². The highest BCUT2D eigenvalue weighted by Gasteiger charge is 2.05. The molecule has 0 atom stereocenters. The van der Waals surface area contributed by atoms with Gasteiger partial charge < -0.3 is 15.6 Å². The lowest BCUT2D eigenvalue weighted by molar-refractivity contribution is 0.0696. The molecular weight excluding hydrogens is 258 g/mol. The Kier molecular flexibility index (Phi) is 4.00. The van der Waals surface area contributed by atoms with Crippen molar-refractivity contribution in [2.75, 3.05) is 0 Å². The van der Waals surface area contributed by atoms with Gasteiger partial charge in [-0.1, -0.05) is 18.2 Å². The Morgan fingerprint density at radius 1 is 1.05 bits per heavy atom. The summed E-state index contributed by atoms with van der Waals surface area (Å²) in [5.74, 6) is -1.01. The second-order valence-corrected chi connectivity index (χ2v) is 4.19.